The predicted octanol–water partition coefficient (Wildman–Crippen LogP) is 2.81. The molecule has 1 unspecified atom stereocenters. The lowest BCUT2D eigenvalue weighted by molar-refractivity contribution is -0.0527. The molecule has 1 aromatic rings. The van der Waals surface area contributed by atoms with E-state index in [-0.39, 0.29) is 5.60 Å². The van der Waals surface area contributed by atoms with Gasteiger partial charge in [-0.25, -0.2) is 0 Å². The summed E-state index contributed by atoms with van der Waals surface area (Å²) in [4.78, 5) is 4.60. The number of aromatic nitrogens is 2. The van der Waals surface area contributed by atoms with Crippen LogP contribution in [0.3, 0.4) is 0 Å². The molecular formula is C15H27N3O2. The molecule has 1 N–H and O–H groups in total. The molecule has 0 bridgehead atoms. The van der Waals surface area contributed by atoms with E-state index < -0.39 is 0 Å². The number of hydrogen-bond acceptors (Lipinski definition) is 5. The first kappa shape index (κ1) is 15.4. The highest BCUT2D eigenvalue weighted by Crippen LogP contribution is 2.38. The van der Waals surface area contributed by atoms with Crippen molar-refractivity contribution in [2.75, 3.05) is 14.2 Å². The smallest absolute Gasteiger partial charge is 0.228 e. The Labute approximate surface area is 121 Å². The van der Waals surface area contributed by atoms with E-state index in [4.69, 9.17) is 9.26 Å². The van der Waals surface area contributed by atoms with Crippen molar-refractivity contribution in [3.63, 3.8) is 0 Å². The second kappa shape index (κ2) is 7.18. The number of nitrogens with zero attached hydrogens (tertiary/aromatic N) is 2. The Hall–Kier alpha value is -0.940. The Bertz CT molecular complexity index is 400. The zero-order valence-corrected chi connectivity index (χ0v) is 12.9. The summed E-state index contributed by atoms with van der Waals surface area (Å²) in [6, 6.07) is 0.401. The lowest BCUT2D eigenvalue weighted by Gasteiger charge is -2.32. The van der Waals surface area contributed by atoms with Gasteiger partial charge in [0.05, 0.1) is 0 Å². The van der Waals surface area contributed by atoms with Crippen LogP contribution in [0.5, 0.6) is 0 Å². The van der Waals surface area contributed by atoms with Gasteiger partial charge in [-0.2, -0.15) is 4.98 Å². The molecule has 1 aliphatic carbocycles. The summed E-state index contributed by atoms with van der Waals surface area (Å²) < 4.78 is 11.2. The second-order valence-corrected chi connectivity index (χ2v) is 5.75. The summed E-state index contributed by atoms with van der Waals surface area (Å²) in [6.07, 6.45) is 8.66. The van der Waals surface area contributed by atoms with Crippen molar-refractivity contribution in [3.8, 4) is 0 Å². The molecule has 1 aliphatic rings. The van der Waals surface area contributed by atoms with E-state index in [1.54, 1.807) is 7.11 Å². The maximum Gasteiger partial charge on any atom is 0.228 e. The van der Waals surface area contributed by atoms with Gasteiger partial charge in [0.1, 0.15) is 5.60 Å². The molecule has 114 valence electrons. The minimum absolute atomic E-state index is 0.320. The van der Waals surface area contributed by atoms with Crippen molar-refractivity contribution in [2.24, 2.45) is 0 Å². The van der Waals surface area contributed by atoms with Gasteiger partial charge in [-0.1, -0.05) is 37.8 Å². The van der Waals surface area contributed by atoms with Gasteiger partial charge < -0.3 is 14.6 Å². The fraction of sp³-hybridized carbons (Fsp3) is 0.867. The van der Waals surface area contributed by atoms with Crippen molar-refractivity contribution < 1.29 is 9.26 Å². The number of ether oxygens (including phenoxy) is 1. The molecule has 1 aromatic heterocycles. The third-order valence-corrected chi connectivity index (χ3v) is 4.39. The molecule has 2 rings (SSSR count). The van der Waals surface area contributed by atoms with Crippen LogP contribution in [0.4, 0.5) is 0 Å². The van der Waals surface area contributed by atoms with Crippen LogP contribution in [0.1, 0.15) is 63.6 Å². The molecular weight excluding hydrogens is 254 g/mol. The second-order valence-electron chi connectivity index (χ2n) is 5.75. The SMILES string of the molecule is CCCC(Cc1nc(C2(OC)CCCCC2)no1)NC. The van der Waals surface area contributed by atoms with Gasteiger partial charge >= 0.3 is 0 Å². The fourth-order valence-electron chi connectivity index (χ4n) is 3.07. The quantitative estimate of drug-likeness (QED) is 0.832. The van der Waals surface area contributed by atoms with Gasteiger partial charge in [-0.15, -0.1) is 0 Å². The molecule has 0 aromatic carbocycles. The number of likely N-dealkylation sites (N-methyl/N-ethyl adjacent to an activating group) is 1. The van der Waals surface area contributed by atoms with Gasteiger partial charge in [-0.05, 0) is 26.3 Å². The third kappa shape index (κ3) is 3.38. The predicted molar refractivity (Wildman–Crippen MR) is 77.5 cm³/mol. The normalized spacial score (nSPS) is 19.9. The van der Waals surface area contributed by atoms with E-state index in [0.29, 0.717) is 6.04 Å². The van der Waals surface area contributed by atoms with E-state index in [0.717, 1.165) is 43.8 Å². The Kier molecular flexibility index (Phi) is 5.54. The lowest BCUT2D eigenvalue weighted by atomic mass is 9.84. The topological polar surface area (TPSA) is 60.2 Å². The zero-order valence-electron chi connectivity index (χ0n) is 12.9. The minimum Gasteiger partial charge on any atom is -0.370 e. The zero-order chi connectivity index (χ0) is 14.4. The van der Waals surface area contributed by atoms with Gasteiger partial charge in [0.2, 0.25) is 11.7 Å². The summed E-state index contributed by atoms with van der Waals surface area (Å²) in [5, 5.41) is 7.50. The van der Waals surface area contributed by atoms with Crippen LogP contribution in [0.2, 0.25) is 0 Å². The van der Waals surface area contributed by atoms with E-state index in [1.807, 2.05) is 7.05 Å². The average molecular weight is 281 g/mol. The Balaban J connectivity index is 2.07. The minimum atomic E-state index is -0.320. The van der Waals surface area contributed by atoms with Crippen LogP contribution in [0.15, 0.2) is 4.52 Å². The van der Waals surface area contributed by atoms with Crippen molar-refractivity contribution >= 4 is 0 Å². The van der Waals surface area contributed by atoms with Crippen LogP contribution in [-0.2, 0) is 16.8 Å². The molecule has 20 heavy (non-hydrogen) atoms. The molecule has 0 aliphatic heterocycles. The van der Waals surface area contributed by atoms with Crippen molar-refractivity contribution in [2.45, 2.75) is 69.9 Å². The van der Waals surface area contributed by atoms with E-state index >= 15 is 0 Å². The number of rotatable bonds is 7. The Morgan fingerprint density at radius 1 is 1.35 bits per heavy atom. The third-order valence-electron chi connectivity index (χ3n) is 4.39. The molecule has 0 saturated heterocycles. The van der Waals surface area contributed by atoms with Gasteiger partial charge in [-0.3, -0.25) is 0 Å². The summed E-state index contributed by atoms with van der Waals surface area (Å²) in [5.41, 5.74) is -0.320. The van der Waals surface area contributed by atoms with E-state index in [9.17, 15) is 0 Å². The first-order valence-corrected chi connectivity index (χ1v) is 7.79. The molecule has 0 spiro atoms. The maximum atomic E-state index is 5.76. The van der Waals surface area contributed by atoms with Crippen LogP contribution in [0, 0.1) is 0 Å². The van der Waals surface area contributed by atoms with Crippen LogP contribution in [-0.4, -0.2) is 30.3 Å². The molecule has 0 radical (unpaired) electrons. The van der Waals surface area contributed by atoms with Crippen molar-refractivity contribution in [1.82, 2.24) is 15.5 Å². The van der Waals surface area contributed by atoms with Crippen molar-refractivity contribution in [3.05, 3.63) is 11.7 Å². The lowest BCUT2D eigenvalue weighted by Crippen LogP contribution is -2.32. The highest BCUT2D eigenvalue weighted by molar-refractivity contribution is 5.03. The number of hydrogen-bond donors (Lipinski definition) is 1. The first-order valence-electron chi connectivity index (χ1n) is 7.79. The molecule has 5 nitrogen and oxygen atoms in total. The number of nitrogens with one attached hydrogen (secondary N) is 1. The molecule has 1 heterocycles. The fourth-order valence-corrected chi connectivity index (χ4v) is 3.07. The largest absolute Gasteiger partial charge is 0.370 e. The van der Waals surface area contributed by atoms with Gasteiger partial charge in [0, 0.05) is 19.6 Å². The average Bonchev–Trinajstić information content (AvgIpc) is 2.96. The highest BCUT2D eigenvalue weighted by atomic mass is 16.5. The maximum absolute atomic E-state index is 5.76. The van der Waals surface area contributed by atoms with Crippen LogP contribution < -0.4 is 5.32 Å². The highest BCUT2D eigenvalue weighted by Gasteiger charge is 2.38. The van der Waals surface area contributed by atoms with E-state index in [1.165, 1.54) is 19.3 Å². The standard InChI is InChI=1S/C15H27N3O2/c1-4-8-12(16-2)11-13-17-14(18-20-13)15(19-3)9-6-5-7-10-15/h12,16H,4-11H2,1-3H3. The van der Waals surface area contributed by atoms with Gasteiger partial charge in [0.15, 0.2) is 0 Å². The van der Waals surface area contributed by atoms with E-state index in [2.05, 4.69) is 22.4 Å². The Morgan fingerprint density at radius 3 is 2.70 bits per heavy atom. The Morgan fingerprint density at radius 2 is 2.10 bits per heavy atom. The molecule has 0 amide bonds. The summed E-state index contributed by atoms with van der Waals surface area (Å²) >= 11 is 0. The number of methoxy groups -OCH3 is 1. The molecule has 1 fully saturated rings. The summed E-state index contributed by atoms with van der Waals surface area (Å²) in [6.45, 7) is 2.19. The summed E-state index contributed by atoms with van der Waals surface area (Å²) in [7, 11) is 3.74. The molecule has 1 atom stereocenters. The van der Waals surface area contributed by atoms with Gasteiger partial charge in [0.25, 0.3) is 0 Å². The van der Waals surface area contributed by atoms with Crippen molar-refractivity contribution in [1.29, 1.82) is 0 Å². The summed E-state index contributed by atoms with van der Waals surface area (Å²) in [5.74, 6) is 1.45. The molecule has 1 saturated carbocycles. The van der Waals surface area contributed by atoms with Crippen LogP contribution >= 0.6 is 0 Å². The monoisotopic (exact) mass is 281 g/mol. The first-order chi connectivity index (χ1) is 9.74. The van der Waals surface area contributed by atoms with Crippen LogP contribution in [0.25, 0.3) is 0 Å². The molecule has 5 heteroatoms.